The van der Waals surface area contributed by atoms with Crippen LogP contribution in [0.3, 0.4) is 0 Å². The van der Waals surface area contributed by atoms with Crippen LogP contribution >= 0.6 is 0 Å². The van der Waals surface area contributed by atoms with E-state index in [1.54, 1.807) is 24.3 Å². The zero-order chi connectivity index (χ0) is 21.0. The number of hydrogen-bond donors (Lipinski definition) is 3. The molecule has 1 aliphatic rings. The summed E-state index contributed by atoms with van der Waals surface area (Å²) in [6.45, 7) is 4.86. The van der Waals surface area contributed by atoms with E-state index in [0.29, 0.717) is 13.2 Å². The van der Waals surface area contributed by atoms with E-state index >= 15 is 0 Å². The maximum Gasteiger partial charge on any atom is 0.240 e. The second kappa shape index (κ2) is 12.8. The zero-order valence-corrected chi connectivity index (χ0v) is 18.6. The molecule has 1 aromatic rings. The average molecular weight is 425 g/mol. The first kappa shape index (κ1) is 23.6. The van der Waals surface area contributed by atoms with E-state index in [0.717, 1.165) is 37.0 Å². The molecule has 0 saturated heterocycles. The summed E-state index contributed by atoms with van der Waals surface area (Å²) in [5.41, 5.74) is 0.962. The predicted molar refractivity (Wildman–Crippen MR) is 118 cm³/mol. The van der Waals surface area contributed by atoms with Gasteiger partial charge >= 0.3 is 0 Å². The highest BCUT2D eigenvalue weighted by molar-refractivity contribution is 7.89. The Labute approximate surface area is 175 Å². The number of methoxy groups -OCH3 is 1. The molecule has 29 heavy (non-hydrogen) atoms. The number of ether oxygens (including phenoxy) is 1. The monoisotopic (exact) mass is 424 g/mol. The van der Waals surface area contributed by atoms with Gasteiger partial charge in [0.05, 0.1) is 18.0 Å². The lowest BCUT2D eigenvalue weighted by Crippen LogP contribution is -2.37. The fourth-order valence-corrected chi connectivity index (χ4v) is 4.56. The molecule has 0 atom stereocenters. The fourth-order valence-electron chi connectivity index (χ4n) is 3.54. The van der Waals surface area contributed by atoms with Crippen LogP contribution in [0.5, 0.6) is 0 Å². The molecule has 1 saturated carbocycles. The molecule has 0 spiro atoms. The Balaban J connectivity index is 1.82. The van der Waals surface area contributed by atoms with Crippen LogP contribution in [0.25, 0.3) is 0 Å². The van der Waals surface area contributed by atoms with Crippen molar-refractivity contribution in [1.82, 2.24) is 15.4 Å². The second-order valence-corrected chi connectivity index (χ2v) is 9.22. The van der Waals surface area contributed by atoms with Crippen molar-refractivity contribution in [2.45, 2.75) is 56.9 Å². The zero-order valence-electron chi connectivity index (χ0n) is 17.7. The Kier molecular flexibility index (Phi) is 10.5. The van der Waals surface area contributed by atoms with Gasteiger partial charge in [0.1, 0.15) is 0 Å². The van der Waals surface area contributed by atoms with E-state index in [1.807, 2.05) is 6.92 Å². The smallest absolute Gasteiger partial charge is 0.240 e. The average Bonchev–Trinajstić information content (AvgIpc) is 3.23. The van der Waals surface area contributed by atoms with Gasteiger partial charge < -0.3 is 15.4 Å². The van der Waals surface area contributed by atoms with Crippen molar-refractivity contribution in [2.24, 2.45) is 10.9 Å². The number of rotatable bonds is 12. The predicted octanol–water partition coefficient (Wildman–Crippen LogP) is 2.64. The lowest BCUT2D eigenvalue weighted by molar-refractivity contribution is 0.204. The minimum atomic E-state index is -3.50. The molecule has 1 aliphatic carbocycles. The third kappa shape index (κ3) is 8.72. The normalized spacial score (nSPS) is 15.6. The topological polar surface area (TPSA) is 91.8 Å². The van der Waals surface area contributed by atoms with Crippen molar-refractivity contribution in [3.63, 3.8) is 0 Å². The van der Waals surface area contributed by atoms with Crippen molar-refractivity contribution >= 4 is 16.0 Å². The van der Waals surface area contributed by atoms with Gasteiger partial charge in [-0.25, -0.2) is 18.1 Å². The summed E-state index contributed by atoms with van der Waals surface area (Å²) in [5.74, 6) is 1.71. The minimum Gasteiger partial charge on any atom is -0.383 e. The molecule has 0 amide bonds. The third-order valence-electron chi connectivity index (χ3n) is 5.15. The Morgan fingerprint density at radius 1 is 1.14 bits per heavy atom. The molecule has 0 bridgehead atoms. The lowest BCUT2D eigenvalue weighted by Gasteiger charge is -2.13. The van der Waals surface area contributed by atoms with Crippen LogP contribution < -0.4 is 15.4 Å². The van der Waals surface area contributed by atoms with E-state index in [-0.39, 0.29) is 11.4 Å². The largest absolute Gasteiger partial charge is 0.383 e. The summed E-state index contributed by atoms with van der Waals surface area (Å²) < 4.78 is 31.8. The molecule has 0 unspecified atom stereocenters. The second-order valence-electron chi connectivity index (χ2n) is 7.45. The highest BCUT2D eigenvalue weighted by atomic mass is 32.2. The van der Waals surface area contributed by atoms with Crippen LogP contribution in [0.1, 0.15) is 51.0 Å². The van der Waals surface area contributed by atoms with Crippen LogP contribution in [-0.2, 0) is 21.3 Å². The molecule has 0 radical (unpaired) electrons. The Hall–Kier alpha value is -1.64. The highest BCUT2D eigenvalue weighted by Crippen LogP contribution is 2.28. The first-order valence-corrected chi connectivity index (χ1v) is 12.1. The van der Waals surface area contributed by atoms with Gasteiger partial charge in [-0.1, -0.05) is 37.8 Å². The Morgan fingerprint density at radius 2 is 1.86 bits per heavy atom. The molecule has 8 heteroatoms. The van der Waals surface area contributed by atoms with Gasteiger partial charge in [-0.15, -0.1) is 0 Å². The Bertz CT molecular complexity index is 714. The first-order chi connectivity index (χ1) is 14.0. The van der Waals surface area contributed by atoms with Crippen molar-refractivity contribution in [2.75, 3.05) is 33.4 Å². The number of guanidine groups is 1. The molecule has 3 N–H and O–H groups in total. The standard InChI is InChI=1S/C21H36N4O3S/c1-3-22-21(23-14-6-9-18-7-4-5-8-18)24-17-19-10-12-20(13-11-19)29(26,27)25-15-16-28-2/h10-13,18,25H,3-9,14-17H2,1-2H3,(H2,22,23,24). The van der Waals surface area contributed by atoms with Crippen LogP contribution in [0.15, 0.2) is 34.2 Å². The van der Waals surface area contributed by atoms with Gasteiger partial charge in [0.2, 0.25) is 10.0 Å². The molecule has 0 aromatic heterocycles. The number of nitrogens with zero attached hydrogens (tertiary/aromatic N) is 1. The van der Waals surface area contributed by atoms with Crippen molar-refractivity contribution in [3.05, 3.63) is 29.8 Å². The van der Waals surface area contributed by atoms with Gasteiger partial charge in [-0.05, 0) is 43.4 Å². The third-order valence-corrected chi connectivity index (χ3v) is 6.63. The van der Waals surface area contributed by atoms with E-state index in [2.05, 4.69) is 20.3 Å². The van der Waals surface area contributed by atoms with E-state index < -0.39 is 10.0 Å². The number of nitrogens with one attached hydrogen (secondary N) is 3. The number of sulfonamides is 1. The summed E-state index contributed by atoms with van der Waals surface area (Å²) in [6.07, 6.45) is 8.03. The maximum atomic E-state index is 12.2. The SMILES string of the molecule is CCNC(=NCc1ccc(S(=O)(=O)NCCOC)cc1)NCCCC1CCCC1. The van der Waals surface area contributed by atoms with E-state index in [4.69, 9.17) is 4.74 Å². The summed E-state index contributed by atoms with van der Waals surface area (Å²) in [5, 5.41) is 6.67. The summed E-state index contributed by atoms with van der Waals surface area (Å²) >= 11 is 0. The maximum absolute atomic E-state index is 12.2. The molecular weight excluding hydrogens is 388 g/mol. The van der Waals surface area contributed by atoms with E-state index in [9.17, 15) is 8.42 Å². The van der Waals surface area contributed by atoms with Gasteiger partial charge in [0.25, 0.3) is 0 Å². The van der Waals surface area contributed by atoms with Crippen molar-refractivity contribution in [1.29, 1.82) is 0 Å². The van der Waals surface area contributed by atoms with Gasteiger partial charge in [-0.2, -0.15) is 0 Å². The molecule has 1 fully saturated rings. The summed E-state index contributed by atoms with van der Waals surface area (Å²) in [4.78, 5) is 4.87. The fraction of sp³-hybridized carbons (Fsp3) is 0.667. The molecule has 1 aromatic carbocycles. The number of aliphatic imine (C=N–C) groups is 1. The summed E-state index contributed by atoms with van der Waals surface area (Å²) in [6, 6.07) is 6.83. The van der Waals surface area contributed by atoms with Gasteiger partial charge in [0, 0.05) is 26.7 Å². The number of hydrogen-bond acceptors (Lipinski definition) is 4. The molecule has 2 rings (SSSR count). The van der Waals surface area contributed by atoms with Crippen LogP contribution in [0.4, 0.5) is 0 Å². The van der Waals surface area contributed by atoms with Crippen LogP contribution in [-0.4, -0.2) is 47.7 Å². The molecule has 7 nitrogen and oxygen atoms in total. The quantitative estimate of drug-likeness (QED) is 0.273. The van der Waals surface area contributed by atoms with Crippen molar-refractivity contribution in [3.8, 4) is 0 Å². The minimum absolute atomic E-state index is 0.248. The highest BCUT2D eigenvalue weighted by Gasteiger charge is 2.14. The lowest BCUT2D eigenvalue weighted by atomic mass is 10.0. The van der Waals surface area contributed by atoms with Crippen molar-refractivity contribution < 1.29 is 13.2 Å². The first-order valence-electron chi connectivity index (χ1n) is 10.6. The molecular formula is C21H36N4O3S. The molecule has 0 aliphatic heterocycles. The molecule has 164 valence electrons. The summed E-state index contributed by atoms with van der Waals surface area (Å²) in [7, 11) is -1.96. The Morgan fingerprint density at radius 3 is 2.52 bits per heavy atom. The van der Waals surface area contributed by atoms with Crippen LogP contribution in [0, 0.1) is 5.92 Å². The van der Waals surface area contributed by atoms with Gasteiger partial charge in [0.15, 0.2) is 5.96 Å². The number of benzene rings is 1. The van der Waals surface area contributed by atoms with Gasteiger partial charge in [-0.3, -0.25) is 0 Å². The molecule has 0 heterocycles. The van der Waals surface area contributed by atoms with Crippen LogP contribution in [0.2, 0.25) is 0 Å². The van der Waals surface area contributed by atoms with E-state index in [1.165, 1.54) is 39.2 Å².